The van der Waals surface area contributed by atoms with Gasteiger partial charge in [-0.15, -0.1) is 0 Å². The third-order valence-electron chi connectivity index (χ3n) is 6.16. The van der Waals surface area contributed by atoms with Crippen LogP contribution in [-0.2, 0) is 21.5 Å². The van der Waals surface area contributed by atoms with Gasteiger partial charge >= 0.3 is 0 Å². The topological polar surface area (TPSA) is 76.7 Å². The highest BCUT2D eigenvalue weighted by Gasteiger charge is 2.43. The zero-order valence-electron chi connectivity index (χ0n) is 18.2. The van der Waals surface area contributed by atoms with E-state index < -0.39 is 5.41 Å². The molecule has 1 fully saturated rings. The fourth-order valence-electron chi connectivity index (χ4n) is 4.36. The first-order chi connectivity index (χ1) is 15.0. The summed E-state index contributed by atoms with van der Waals surface area (Å²) in [6.07, 6.45) is 3.70. The maximum atomic E-state index is 13.4. The summed E-state index contributed by atoms with van der Waals surface area (Å²) in [6.45, 7) is 5.21. The van der Waals surface area contributed by atoms with Gasteiger partial charge < -0.3 is 20.1 Å². The molecule has 2 aromatic carbocycles. The number of anilines is 1. The van der Waals surface area contributed by atoms with E-state index >= 15 is 0 Å². The van der Waals surface area contributed by atoms with Crippen molar-refractivity contribution in [3.05, 3.63) is 53.6 Å². The maximum Gasteiger partial charge on any atom is 0.230 e. The third kappa shape index (κ3) is 4.53. The summed E-state index contributed by atoms with van der Waals surface area (Å²) < 4.78 is 11.4. The molecule has 0 atom stereocenters. The third-order valence-corrected chi connectivity index (χ3v) is 6.16. The van der Waals surface area contributed by atoms with Gasteiger partial charge in [-0.1, -0.05) is 44.9 Å². The fourth-order valence-corrected chi connectivity index (χ4v) is 4.36. The predicted molar refractivity (Wildman–Crippen MR) is 119 cm³/mol. The monoisotopic (exact) mass is 422 g/mol. The second kappa shape index (κ2) is 9.00. The number of hydrogen-bond donors (Lipinski definition) is 2. The molecule has 0 unspecified atom stereocenters. The van der Waals surface area contributed by atoms with Crippen molar-refractivity contribution in [1.82, 2.24) is 5.32 Å². The Morgan fingerprint density at radius 1 is 1.00 bits per heavy atom. The summed E-state index contributed by atoms with van der Waals surface area (Å²) in [4.78, 5) is 25.4. The van der Waals surface area contributed by atoms with Gasteiger partial charge in [0.15, 0.2) is 11.5 Å². The maximum absolute atomic E-state index is 13.4. The first-order valence-electron chi connectivity index (χ1n) is 11.1. The molecule has 164 valence electrons. The lowest BCUT2D eigenvalue weighted by Gasteiger charge is -2.30. The van der Waals surface area contributed by atoms with E-state index in [0.29, 0.717) is 19.8 Å². The molecule has 0 aromatic heterocycles. The molecule has 2 amide bonds. The number of benzene rings is 2. The number of fused-ring (bicyclic) bond motifs is 1. The largest absolute Gasteiger partial charge is 0.486 e. The van der Waals surface area contributed by atoms with E-state index in [1.165, 1.54) is 0 Å². The number of carbonyl (C=O) groups is 2. The summed E-state index contributed by atoms with van der Waals surface area (Å²) >= 11 is 0. The Balaban J connectivity index is 1.48. The standard InChI is InChI=1S/C25H30N2O4/c1-17(2)23(28)27-20-7-5-6-18(14-20)16-26-24(29)25(10-3-4-11-25)19-8-9-21-22(15-19)31-13-12-30-21/h5-9,14-15,17H,3-4,10-13,16H2,1-2H3,(H,26,29)(H,27,28). The molecular weight excluding hydrogens is 392 g/mol. The first-order valence-corrected chi connectivity index (χ1v) is 11.1. The Morgan fingerprint density at radius 2 is 1.74 bits per heavy atom. The van der Waals surface area contributed by atoms with Crippen molar-refractivity contribution in [2.75, 3.05) is 18.5 Å². The Labute approximate surface area is 183 Å². The average molecular weight is 423 g/mol. The number of ether oxygens (including phenoxy) is 2. The Hall–Kier alpha value is -3.02. The number of carbonyl (C=O) groups excluding carboxylic acids is 2. The summed E-state index contributed by atoms with van der Waals surface area (Å²) in [5.74, 6) is 1.39. The van der Waals surface area contributed by atoms with Crippen molar-refractivity contribution in [2.45, 2.75) is 51.5 Å². The number of rotatable bonds is 6. The minimum atomic E-state index is -0.542. The minimum Gasteiger partial charge on any atom is -0.486 e. The van der Waals surface area contributed by atoms with Crippen LogP contribution in [0.1, 0.15) is 50.7 Å². The molecular formula is C25H30N2O4. The Kier molecular flexibility index (Phi) is 6.16. The molecule has 2 N–H and O–H groups in total. The molecule has 0 bridgehead atoms. The van der Waals surface area contributed by atoms with Crippen molar-refractivity contribution in [3.8, 4) is 11.5 Å². The van der Waals surface area contributed by atoms with Crippen molar-refractivity contribution >= 4 is 17.5 Å². The van der Waals surface area contributed by atoms with E-state index in [0.717, 1.165) is 54.0 Å². The van der Waals surface area contributed by atoms with E-state index in [9.17, 15) is 9.59 Å². The van der Waals surface area contributed by atoms with Gasteiger partial charge in [-0.25, -0.2) is 0 Å². The van der Waals surface area contributed by atoms with Gasteiger partial charge in [0.25, 0.3) is 0 Å². The van der Waals surface area contributed by atoms with Crippen LogP contribution in [0.4, 0.5) is 5.69 Å². The van der Waals surface area contributed by atoms with Crippen LogP contribution in [0.25, 0.3) is 0 Å². The van der Waals surface area contributed by atoms with Crippen LogP contribution in [0.5, 0.6) is 11.5 Å². The summed E-state index contributed by atoms with van der Waals surface area (Å²) in [6, 6.07) is 13.5. The molecule has 0 radical (unpaired) electrons. The van der Waals surface area contributed by atoms with E-state index in [2.05, 4.69) is 10.6 Å². The van der Waals surface area contributed by atoms with E-state index in [4.69, 9.17) is 9.47 Å². The summed E-state index contributed by atoms with van der Waals surface area (Å²) in [5, 5.41) is 6.05. The van der Waals surface area contributed by atoms with Crippen LogP contribution in [0, 0.1) is 5.92 Å². The lowest BCUT2D eigenvalue weighted by molar-refractivity contribution is -0.126. The van der Waals surface area contributed by atoms with Gasteiger partial charge in [-0.3, -0.25) is 9.59 Å². The smallest absolute Gasteiger partial charge is 0.230 e. The molecule has 0 spiro atoms. The second-order valence-corrected chi connectivity index (χ2v) is 8.67. The van der Waals surface area contributed by atoms with Crippen LogP contribution in [0.15, 0.2) is 42.5 Å². The normalized spacial score (nSPS) is 16.7. The SMILES string of the molecule is CC(C)C(=O)Nc1cccc(CNC(=O)C2(c3ccc4c(c3)OCCO4)CCCC2)c1. The van der Waals surface area contributed by atoms with Gasteiger partial charge in [0.2, 0.25) is 11.8 Å². The molecule has 2 aromatic rings. The molecule has 1 heterocycles. The predicted octanol–water partition coefficient (Wildman–Crippen LogP) is 4.18. The lowest BCUT2D eigenvalue weighted by Crippen LogP contribution is -2.42. The molecule has 1 saturated carbocycles. The highest BCUT2D eigenvalue weighted by molar-refractivity contribution is 5.92. The molecule has 4 rings (SSSR count). The van der Waals surface area contributed by atoms with E-state index in [-0.39, 0.29) is 17.7 Å². The van der Waals surface area contributed by atoms with Gasteiger partial charge in [-0.05, 0) is 48.2 Å². The molecule has 1 aliphatic heterocycles. The zero-order chi connectivity index (χ0) is 21.8. The van der Waals surface area contributed by atoms with Crippen LogP contribution in [0.2, 0.25) is 0 Å². The van der Waals surface area contributed by atoms with Crippen molar-refractivity contribution in [2.24, 2.45) is 5.92 Å². The van der Waals surface area contributed by atoms with E-state index in [1.54, 1.807) is 0 Å². The minimum absolute atomic E-state index is 0.0234. The van der Waals surface area contributed by atoms with Crippen LogP contribution in [0.3, 0.4) is 0 Å². The Bertz CT molecular complexity index is 964. The van der Waals surface area contributed by atoms with Gasteiger partial charge in [-0.2, -0.15) is 0 Å². The van der Waals surface area contributed by atoms with Crippen molar-refractivity contribution in [3.63, 3.8) is 0 Å². The highest BCUT2D eigenvalue weighted by Crippen LogP contribution is 2.44. The second-order valence-electron chi connectivity index (χ2n) is 8.67. The highest BCUT2D eigenvalue weighted by atomic mass is 16.6. The first kappa shape index (κ1) is 21.2. The quantitative estimate of drug-likeness (QED) is 0.732. The molecule has 31 heavy (non-hydrogen) atoms. The molecule has 6 nitrogen and oxygen atoms in total. The molecule has 1 aliphatic carbocycles. The number of nitrogens with one attached hydrogen (secondary N) is 2. The van der Waals surface area contributed by atoms with Crippen LogP contribution in [-0.4, -0.2) is 25.0 Å². The molecule has 0 saturated heterocycles. The molecule has 6 heteroatoms. The zero-order valence-corrected chi connectivity index (χ0v) is 18.2. The van der Waals surface area contributed by atoms with Gasteiger partial charge in [0.05, 0.1) is 5.41 Å². The lowest BCUT2D eigenvalue weighted by atomic mass is 9.77. The van der Waals surface area contributed by atoms with Crippen molar-refractivity contribution < 1.29 is 19.1 Å². The average Bonchev–Trinajstić information content (AvgIpc) is 3.28. The Morgan fingerprint density at radius 3 is 2.48 bits per heavy atom. The fraction of sp³-hybridized carbons (Fsp3) is 0.440. The van der Waals surface area contributed by atoms with Crippen molar-refractivity contribution in [1.29, 1.82) is 0 Å². The number of hydrogen-bond acceptors (Lipinski definition) is 4. The molecule has 2 aliphatic rings. The summed E-state index contributed by atoms with van der Waals surface area (Å²) in [5.41, 5.74) is 2.14. The van der Waals surface area contributed by atoms with Crippen LogP contribution < -0.4 is 20.1 Å². The van der Waals surface area contributed by atoms with E-state index in [1.807, 2.05) is 56.3 Å². The van der Waals surface area contributed by atoms with Crippen LogP contribution >= 0.6 is 0 Å². The number of amides is 2. The summed E-state index contributed by atoms with van der Waals surface area (Å²) in [7, 11) is 0. The van der Waals surface area contributed by atoms with Gasteiger partial charge in [0, 0.05) is 18.2 Å². The van der Waals surface area contributed by atoms with Gasteiger partial charge in [0.1, 0.15) is 13.2 Å².